The summed E-state index contributed by atoms with van der Waals surface area (Å²) in [6, 6.07) is 8.42. The summed E-state index contributed by atoms with van der Waals surface area (Å²) in [5, 5.41) is 4.15. The molecule has 2 rings (SSSR count). The predicted octanol–water partition coefficient (Wildman–Crippen LogP) is 5.39. The molecule has 0 aliphatic carbocycles. The van der Waals surface area contributed by atoms with Crippen molar-refractivity contribution in [2.24, 2.45) is 0 Å². The summed E-state index contributed by atoms with van der Waals surface area (Å²) >= 11 is 13.8. The molecule has 1 aromatic heterocycles. The third-order valence-corrected chi connectivity index (χ3v) is 6.14. The van der Waals surface area contributed by atoms with E-state index < -0.39 is 0 Å². The molecule has 0 saturated heterocycles. The van der Waals surface area contributed by atoms with Crippen molar-refractivity contribution in [1.29, 1.82) is 0 Å². The number of aryl methyl sites for hydroxylation is 1. The van der Waals surface area contributed by atoms with Gasteiger partial charge in [-0.2, -0.15) is 0 Å². The Bertz CT molecular complexity index is 551. The fraction of sp³-hybridized carbons (Fsp3) is 0.231. The Labute approximate surface area is 138 Å². The minimum Gasteiger partial charge on any atom is -0.309 e. The third-order valence-electron chi connectivity index (χ3n) is 2.72. The zero-order chi connectivity index (χ0) is 13.3. The van der Waals surface area contributed by atoms with Crippen molar-refractivity contribution >= 4 is 61.5 Å². The number of rotatable bonds is 3. The normalized spacial score (nSPS) is 12.7. The third kappa shape index (κ3) is 3.10. The van der Waals surface area contributed by atoms with Crippen LogP contribution in [0.5, 0.6) is 0 Å². The molecule has 18 heavy (non-hydrogen) atoms. The van der Waals surface area contributed by atoms with Crippen LogP contribution < -0.4 is 5.32 Å². The van der Waals surface area contributed by atoms with Gasteiger partial charge in [0, 0.05) is 13.5 Å². The molecule has 0 bridgehead atoms. The van der Waals surface area contributed by atoms with Crippen LogP contribution in [-0.2, 0) is 0 Å². The highest BCUT2D eigenvalue weighted by atomic mass is 127. The van der Waals surface area contributed by atoms with E-state index in [2.05, 4.69) is 62.9 Å². The number of halogens is 3. The second-order valence-electron chi connectivity index (χ2n) is 3.99. The van der Waals surface area contributed by atoms with Crippen LogP contribution in [0.1, 0.15) is 22.0 Å². The first-order valence-corrected chi connectivity index (χ1v) is 8.47. The van der Waals surface area contributed by atoms with Gasteiger partial charge in [0.25, 0.3) is 0 Å². The average molecular weight is 457 g/mol. The van der Waals surface area contributed by atoms with Crippen LogP contribution in [0.2, 0.25) is 5.02 Å². The summed E-state index contributed by atoms with van der Waals surface area (Å²) < 4.78 is 2.41. The first-order chi connectivity index (χ1) is 8.52. The minimum atomic E-state index is 0.186. The zero-order valence-electron chi connectivity index (χ0n) is 9.93. The summed E-state index contributed by atoms with van der Waals surface area (Å²) in [6.45, 7) is 2.11. The lowest BCUT2D eigenvalue weighted by Crippen LogP contribution is -2.17. The number of benzene rings is 1. The summed E-state index contributed by atoms with van der Waals surface area (Å²) in [7, 11) is 1.98. The highest BCUT2D eigenvalue weighted by Crippen LogP contribution is 2.36. The summed E-state index contributed by atoms with van der Waals surface area (Å²) in [6.07, 6.45) is 0. The van der Waals surface area contributed by atoms with Gasteiger partial charge in [-0.3, -0.25) is 0 Å². The van der Waals surface area contributed by atoms with Gasteiger partial charge >= 0.3 is 0 Å². The molecule has 1 nitrogen and oxygen atoms in total. The Kier molecular flexibility index (Phi) is 5.11. The number of hydrogen-bond acceptors (Lipinski definition) is 2. The van der Waals surface area contributed by atoms with Crippen LogP contribution in [-0.4, -0.2) is 7.05 Å². The van der Waals surface area contributed by atoms with Crippen molar-refractivity contribution in [2.75, 3.05) is 7.05 Å². The van der Waals surface area contributed by atoms with Crippen molar-refractivity contribution in [2.45, 2.75) is 13.0 Å². The van der Waals surface area contributed by atoms with E-state index in [0.717, 1.165) is 5.02 Å². The minimum absolute atomic E-state index is 0.186. The van der Waals surface area contributed by atoms with Crippen LogP contribution in [0.15, 0.2) is 28.1 Å². The predicted molar refractivity (Wildman–Crippen MR) is 91.8 cm³/mol. The molecule has 0 saturated carbocycles. The van der Waals surface area contributed by atoms with Crippen molar-refractivity contribution in [3.63, 3.8) is 0 Å². The van der Waals surface area contributed by atoms with E-state index in [9.17, 15) is 0 Å². The van der Waals surface area contributed by atoms with Crippen LogP contribution >= 0.6 is 61.5 Å². The Hall–Kier alpha value is 0.380. The van der Waals surface area contributed by atoms with E-state index in [0.29, 0.717) is 0 Å². The summed E-state index contributed by atoms with van der Waals surface area (Å²) in [5.41, 5.74) is 2.49. The second kappa shape index (κ2) is 6.22. The monoisotopic (exact) mass is 455 g/mol. The molecule has 0 amide bonds. The van der Waals surface area contributed by atoms with E-state index in [-0.39, 0.29) is 6.04 Å². The van der Waals surface area contributed by atoms with Gasteiger partial charge in [-0.25, -0.2) is 0 Å². The molecule has 1 N–H and O–H groups in total. The molecule has 0 aliphatic rings. The number of thiophene rings is 1. The van der Waals surface area contributed by atoms with Gasteiger partial charge in [0.2, 0.25) is 0 Å². The van der Waals surface area contributed by atoms with Crippen molar-refractivity contribution < 1.29 is 0 Å². The van der Waals surface area contributed by atoms with E-state index in [1.165, 1.54) is 23.4 Å². The largest absolute Gasteiger partial charge is 0.309 e. The lowest BCUT2D eigenvalue weighted by atomic mass is 10.1. The standard InChI is InChI=1S/C13H12BrClINS/c1-7-5-11(18-13(7)14)12(17-2)9-6-8(15)3-4-10(9)16/h3-6,12,17H,1-2H3. The number of nitrogens with one attached hydrogen (secondary N) is 1. The van der Waals surface area contributed by atoms with Crippen LogP contribution in [0.4, 0.5) is 0 Å². The maximum atomic E-state index is 6.10. The second-order valence-corrected chi connectivity index (χ2v) is 7.99. The SMILES string of the molecule is CNC(c1cc(C)c(Br)s1)c1cc(Cl)ccc1I. The van der Waals surface area contributed by atoms with Crippen molar-refractivity contribution in [1.82, 2.24) is 5.32 Å². The first kappa shape index (κ1) is 14.8. The van der Waals surface area contributed by atoms with E-state index in [4.69, 9.17) is 11.6 Å². The smallest absolute Gasteiger partial charge is 0.0731 e. The lowest BCUT2D eigenvalue weighted by molar-refractivity contribution is 0.700. The van der Waals surface area contributed by atoms with E-state index >= 15 is 0 Å². The molecule has 96 valence electrons. The fourth-order valence-electron chi connectivity index (χ4n) is 1.81. The molecule has 1 aromatic carbocycles. The molecule has 0 fully saturated rings. The molecular formula is C13H12BrClINS. The van der Waals surface area contributed by atoms with Gasteiger partial charge in [0.1, 0.15) is 0 Å². The molecule has 1 atom stereocenters. The Morgan fingerprint density at radius 2 is 2.11 bits per heavy atom. The van der Waals surface area contributed by atoms with Gasteiger partial charge in [-0.05, 0) is 87.9 Å². The highest BCUT2D eigenvalue weighted by molar-refractivity contribution is 14.1. The molecule has 1 unspecified atom stereocenters. The number of hydrogen-bond donors (Lipinski definition) is 1. The van der Waals surface area contributed by atoms with Gasteiger partial charge in [0.15, 0.2) is 0 Å². The fourth-order valence-corrected chi connectivity index (χ4v) is 4.34. The topological polar surface area (TPSA) is 12.0 Å². The van der Waals surface area contributed by atoms with Crippen LogP contribution in [0, 0.1) is 10.5 Å². The zero-order valence-corrected chi connectivity index (χ0v) is 15.2. The van der Waals surface area contributed by atoms with E-state index in [1.807, 2.05) is 19.2 Å². The molecule has 0 spiro atoms. The van der Waals surface area contributed by atoms with Crippen LogP contribution in [0.3, 0.4) is 0 Å². The quantitative estimate of drug-likeness (QED) is 0.611. The molecule has 0 radical (unpaired) electrons. The van der Waals surface area contributed by atoms with Gasteiger partial charge in [-0.15, -0.1) is 11.3 Å². The maximum Gasteiger partial charge on any atom is 0.0731 e. The van der Waals surface area contributed by atoms with Crippen LogP contribution in [0.25, 0.3) is 0 Å². The first-order valence-electron chi connectivity index (χ1n) is 5.41. The Morgan fingerprint density at radius 1 is 1.39 bits per heavy atom. The maximum absolute atomic E-state index is 6.10. The Balaban J connectivity index is 2.48. The van der Waals surface area contributed by atoms with Crippen molar-refractivity contribution in [3.8, 4) is 0 Å². The highest BCUT2D eigenvalue weighted by Gasteiger charge is 2.18. The molecule has 1 heterocycles. The van der Waals surface area contributed by atoms with E-state index in [1.54, 1.807) is 11.3 Å². The van der Waals surface area contributed by atoms with Gasteiger partial charge in [-0.1, -0.05) is 11.6 Å². The summed E-state index contributed by atoms with van der Waals surface area (Å²) in [4.78, 5) is 1.29. The molecular weight excluding hydrogens is 444 g/mol. The molecule has 5 heteroatoms. The van der Waals surface area contributed by atoms with Crippen molar-refractivity contribution in [3.05, 3.63) is 52.6 Å². The average Bonchev–Trinajstić information content (AvgIpc) is 2.65. The molecule has 0 aliphatic heterocycles. The van der Waals surface area contributed by atoms with Gasteiger partial charge < -0.3 is 5.32 Å². The van der Waals surface area contributed by atoms with Gasteiger partial charge in [0.05, 0.1) is 9.83 Å². The Morgan fingerprint density at radius 3 is 2.67 bits per heavy atom. The molecule has 2 aromatic rings. The lowest BCUT2D eigenvalue weighted by Gasteiger charge is -2.17. The summed E-state index contributed by atoms with van der Waals surface area (Å²) in [5.74, 6) is 0.